The predicted octanol–water partition coefficient (Wildman–Crippen LogP) is 4.79. The number of nitrogens with zero attached hydrogens (tertiary/aromatic N) is 1. The zero-order valence-electron chi connectivity index (χ0n) is 12.2. The summed E-state index contributed by atoms with van der Waals surface area (Å²) in [5.74, 6) is 0.868. The summed E-state index contributed by atoms with van der Waals surface area (Å²) in [6.45, 7) is 6.18. The van der Waals surface area contributed by atoms with Gasteiger partial charge in [-0.15, -0.1) is 0 Å². The van der Waals surface area contributed by atoms with Crippen LogP contribution in [0.2, 0.25) is 0 Å². The second kappa shape index (κ2) is 6.80. The molecule has 2 aromatic rings. The molecule has 0 radical (unpaired) electrons. The molecule has 0 saturated carbocycles. The molecule has 0 aliphatic rings. The third-order valence-corrected chi connectivity index (χ3v) is 3.96. The summed E-state index contributed by atoms with van der Waals surface area (Å²) in [7, 11) is 1.69. The van der Waals surface area contributed by atoms with Crippen molar-refractivity contribution in [2.24, 2.45) is 0 Å². The Bertz CT molecular complexity index is 583. The fourth-order valence-corrected chi connectivity index (χ4v) is 2.83. The zero-order valence-corrected chi connectivity index (χ0v) is 13.8. The highest BCUT2D eigenvalue weighted by Gasteiger charge is 2.07. The predicted molar refractivity (Wildman–Crippen MR) is 88.6 cm³/mol. The second-order valence-corrected chi connectivity index (χ2v) is 5.68. The van der Waals surface area contributed by atoms with E-state index in [1.165, 1.54) is 16.8 Å². The Balaban J connectivity index is 2.20. The average molecular weight is 334 g/mol. The van der Waals surface area contributed by atoms with Crippen molar-refractivity contribution in [3.05, 3.63) is 58.1 Å². The molecule has 0 aromatic heterocycles. The number of aryl methyl sites for hydroxylation is 1. The molecule has 0 bridgehead atoms. The van der Waals surface area contributed by atoms with Crippen molar-refractivity contribution in [1.29, 1.82) is 0 Å². The van der Waals surface area contributed by atoms with Crippen molar-refractivity contribution < 1.29 is 4.74 Å². The zero-order chi connectivity index (χ0) is 14.5. The Labute approximate surface area is 129 Å². The molecule has 0 aliphatic heterocycles. The first-order chi connectivity index (χ1) is 9.63. The minimum atomic E-state index is 0.868. The highest BCUT2D eigenvalue weighted by atomic mass is 79.9. The first-order valence-corrected chi connectivity index (χ1v) is 7.57. The van der Waals surface area contributed by atoms with Crippen LogP contribution in [-0.4, -0.2) is 13.7 Å². The van der Waals surface area contributed by atoms with Crippen LogP contribution in [0.5, 0.6) is 5.75 Å². The molecule has 106 valence electrons. The number of hydrogen-bond acceptors (Lipinski definition) is 2. The summed E-state index contributed by atoms with van der Waals surface area (Å²) in [6, 6.07) is 14.9. The van der Waals surface area contributed by atoms with E-state index in [0.29, 0.717) is 0 Å². The maximum Gasteiger partial charge on any atom is 0.133 e. The molecule has 2 aromatic carbocycles. The lowest BCUT2D eigenvalue weighted by molar-refractivity contribution is 0.412. The van der Waals surface area contributed by atoms with E-state index >= 15 is 0 Å². The molecule has 0 fully saturated rings. The molecule has 0 saturated heterocycles. The number of halogens is 1. The lowest BCUT2D eigenvalue weighted by atomic mass is 10.1. The molecule has 0 N–H and O–H groups in total. The Morgan fingerprint density at radius 1 is 1.15 bits per heavy atom. The molecule has 2 rings (SSSR count). The Morgan fingerprint density at radius 3 is 2.55 bits per heavy atom. The number of methoxy groups -OCH3 is 1. The van der Waals surface area contributed by atoms with Crippen LogP contribution in [0.4, 0.5) is 5.69 Å². The summed E-state index contributed by atoms with van der Waals surface area (Å²) in [6.07, 6.45) is 0. The molecule has 0 heterocycles. The van der Waals surface area contributed by atoms with Crippen LogP contribution in [-0.2, 0) is 6.54 Å². The van der Waals surface area contributed by atoms with Crippen LogP contribution < -0.4 is 9.64 Å². The van der Waals surface area contributed by atoms with E-state index < -0.39 is 0 Å². The van der Waals surface area contributed by atoms with Crippen molar-refractivity contribution in [3.8, 4) is 5.75 Å². The first kappa shape index (κ1) is 14.9. The molecule has 20 heavy (non-hydrogen) atoms. The largest absolute Gasteiger partial charge is 0.496 e. The van der Waals surface area contributed by atoms with Crippen LogP contribution in [0.25, 0.3) is 0 Å². The third-order valence-electron chi connectivity index (χ3n) is 3.34. The summed E-state index contributed by atoms with van der Waals surface area (Å²) < 4.78 is 6.27. The van der Waals surface area contributed by atoms with Gasteiger partial charge < -0.3 is 9.64 Å². The normalized spacial score (nSPS) is 10.4. The van der Waals surface area contributed by atoms with Crippen LogP contribution >= 0.6 is 15.9 Å². The second-order valence-electron chi connectivity index (χ2n) is 4.82. The van der Waals surface area contributed by atoms with Gasteiger partial charge in [-0.2, -0.15) is 0 Å². The third kappa shape index (κ3) is 3.54. The lowest BCUT2D eigenvalue weighted by Crippen LogP contribution is -2.22. The molecule has 3 heteroatoms. The van der Waals surface area contributed by atoms with E-state index in [1.807, 2.05) is 6.07 Å². The van der Waals surface area contributed by atoms with E-state index in [9.17, 15) is 0 Å². The smallest absolute Gasteiger partial charge is 0.133 e. The summed E-state index contributed by atoms with van der Waals surface area (Å²) in [5.41, 5.74) is 3.82. The Hall–Kier alpha value is -1.48. The van der Waals surface area contributed by atoms with Gasteiger partial charge in [0, 0.05) is 18.8 Å². The van der Waals surface area contributed by atoms with Gasteiger partial charge in [0.2, 0.25) is 0 Å². The van der Waals surface area contributed by atoms with Crippen molar-refractivity contribution in [2.45, 2.75) is 20.4 Å². The monoisotopic (exact) mass is 333 g/mol. The topological polar surface area (TPSA) is 12.5 Å². The van der Waals surface area contributed by atoms with E-state index in [4.69, 9.17) is 4.74 Å². The van der Waals surface area contributed by atoms with Gasteiger partial charge in [-0.25, -0.2) is 0 Å². The van der Waals surface area contributed by atoms with Crippen LogP contribution in [0, 0.1) is 6.92 Å². The molecule has 0 aliphatic carbocycles. The molecular formula is C17H20BrNO. The lowest BCUT2D eigenvalue weighted by Gasteiger charge is -2.24. The molecule has 0 amide bonds. The standard InChI is InChI=1S/C17H20BrNO/c1-4-19(15-7-5-6-13(2)10-15)12-14-8-9-17(20-3)16(18)11-14/h5-11H,4,12H2,1-3H3. The summed E-state index contributed by atoms with van der Waals surface area (Å²) >= 11 is 3.54. The van der Waals surface area contributed by atoms with Crippen molar-refractivity contribution >= 4 is 21.6 Å². The van der Waals surface area contributed by atoms with Gasteiger partial charge in [-0.1, -0.05) is 18.2 Å². The van der Waals surface area contributed by atoms with Crippen LogP contribution in [0.1, 0.15) is 18.1 Å². The fraction of sp³-hybridized carbons (Fsp3) is 0.294. The first-order valence-electron chi connectivity index (χ1n) is 6.78. The van der Waals surface area contributed by atoms with Gasteiger partial charge in [0.1, 0.15) is 5.75 Å². The minimum Gasteiger partial charge on any atom is -0.496 e. The van der Waals surface area contributed by atoms with Crippen molar-refractivity contribution in [2.75, 3.05) is 18.6 Å². The molecule has 0 spiro atoms. The molecule has 2 nitrogen and oxygen atoms in total. The number of hydrogen-bond donors (Lipinski definition) is 0. The number of ether oxygens (including phenoxy) is 1. The van der Waals surface area contributed by atoms with Crippen LogP contribution in [0.3, 0.4) is 0 Å². The van der Waals surface area contributed by atoms with Gasteiger partial charge in [0.15, 0.2) is 0 Å². The quantitative estimate of drug-likeness (QED) is 0.779. The van der Waals surface area contributed by atoms with Crippen LogP contribution in [0.15, 0.2) is 46.9 Å². The number of rotatable bonds is 5. The number of benzene rings is 2. The van der Waals surface area contributed by atoms with E-state index in [-0.39, 0.29) is 0 Å². The van der Waals surface area contributed by atoms with Gasteiger partial charge in [0.05, 0.1) is 11.6 Å². The van der Waals surface area contributed by atoms with E-state index in [1.54, 1.807) is 7.11 Å². The summed E-state index contributed by atoms with van der Waals surface area (Å²) in [5, 5.41) is 0. The maximum atomic E-state index is 5.27. The SMILES string of the molecule is CCN(Cc1ccc(OC)c(Br)c1)c1cccc(C)c1. The highest BCUT2D eigenvalue weighted by Crippen LogP contribution is 2.27. The van der Waals surface area contributed by atoms with E-state index in [0.717, 1.165) is 23.3 Å². The minimum absolute atomic E-state index is 0.868. The average Bonchev–Trinajstić information content (AvgIpc) is 2.45. The maximum absolute atomic E-state index is 5.27. The van der Waals surface area contributed by atoms with Gasteiger partial charge >= 0.3 is 0 Å². The van der Waals surface area contributed by atoms with Crippen molar-refractivity contribution in [1.82, 2.24) is 0 Å². The van der Waals surface area contributed by atoms with Gasteiger partial charge in [0.25, 0.3) is 0 Å². The Kier molecular flexibility index (Phi) is 5.07. The molecule has 0 unspecified atom stereocenters. The summed E-state index contributed by atoms with van der Waals surface area (Å²) in [4.78, 5) is 2.36. The molecule has 0 atom stereocenters. The molecular weight excluding hydrogens is 314 g/mol. The van der Waals surface area contributed by atoms with Crippen molar-refractivity contribution in [3.63, 3.8) is 0 Å². The van der Waals surface area contributed by atoms with Gasteiger partial charge in [-0.05, 0) is 65.2 Å². The van der Waals surface area contributed by atoms with E-state index in [2.05, 4.69) is 71.1 Å². The van der Waals surface area contributed by atoms with Gasteiger partial charge in [-0.3, -0.25) is 0 Å². The Morgan fingerprint density at radius 2 is 1.95 bits per heavy atom. The fourth-order valence-electron chi connectivity index (χ4n) is 2.24. The highest BCUT2D eigenvalue weighted by molar-refractivity contribution is 9.10. The number of anilines is 1.